The molecule has 2 N–H and O–H groups in total. The number of imide groups is 1. The molecule has 1 heterocycles. The second kappa shape index (κ2) is 5.08. The summed E-state index contributed by atoms with van der Waals surface area (Å²) in [5.41, 5.74) is 1.82. The van der Waals surface area contributed by atoms with Gasteiger partial charge in [-0.1, -0.05) is 0 Å². The Balaban J connectivity index is 2.10. The van der Waals surface area contributed by atoms with Crippen molar-refractivity contribution in [1.82, 2.24) is 5.32 Å². The lowest BCUT2D eigenvalue weighted by atomic mass is 10.1. The van der Waals surface area contributed by atoms with Crippen LogP contribution >= 0.6 is 0 Å². The van der Waals surface area contributed by atoms with Crippen LogP contribution in [-0.2, 0) is 9.59 Å². The highest BCUT2D eigenvalue weighted by molar-refractivity contribution is 6.06. The molecular weight excluding hydrogens is 232 g/mol. The second-order valence-electron chi connectivity index (χ2n) is 4.22. The Kier molecular flexibility index (Phi) is 3.50. The van der Waals surface area contributed by atoms with Gasteiger partial charge >= 0.3 is 0 Å². The molecule has 0 aromatic heterocycles. The van der Waals surface area contributed by atoms with E-state index in [-0.39, 0.29) is 18.2 Å². The van der Waals surface area contributed by atoms with E-state index in [1.165, 1.54) is 0 Å². The summed E-state index contributed by atoms with van der Waals surface area (Å²) in [5, 5.41) is 5.34. The van der Waals surface area contributed by atoms with Crippen LogP contribution in [0.3, 0.4) is 0 Å². The van der Waals surface area contributed by atoms with Gasteiger partial charge in [0.2, 0.25) is 11.8 Å². The average molecular weight is 248 g/mol. The van der Waals surface area contributed by atoms with E-state index in [0.717, 1.165) is 17.0 Å². The number of carbonyl (C=O) groups is 2. The minimum atomic E-state index is -0.478. The van der Waals surface area contributed by atoms with Crippen LogP contribution in [0, 0.1) is 6.92 Å². The summed E-state index contributed by atoms with van der Waals surface area (Å²) in [6.45, 7) is 4.47. The van der Waals surface area contributed by atoms with Crippen LogP contribution in [0.5, 0.6) is 5.75 Å². The van der Waals surface area contributed by atoms with Crippen LogP contribution in [0.4, 0.5) is 5.69 Å². The molecule has 2 amide bonds. The molecule has 1 fully saturated rings. The molecule has 0 bridgehead atoms. The Hall–Kier alpha value is -2.04. The summed E-state index contributed by atoms with van der Waals surface area (Å²) < 4.78 is 5.39. The quantitative estimate of drug-likeness (QED) is 0.786. The number of hydrogen-bond donors (Lipinski definition) is 2. The highest BCUT2D eigenvalue weighted by Crippen LogP contribution is 2.23. The van der Waals surface area contributed by atoms with Crippen molar-refractivity contribution in [1.29, 1.82) is 0 Å². The minimum Gasteiger partial charge on any atom is -0.494 e. The zero-order chi connectivity index (χ0) is 13.1. The fourth-order valence-corrected chi connectivity index (χ4v) is 1.91. The summed E-state index contributed by atoms with van der Waals surface area (Å²) in [4.78, 5) is 22.5. The van der Waals surface area contributed by atoms with Crippen molar-refractivity contribution in [2.24, 2.45) is 0 Å². The topological polar surface area (TPSA) is 67.4 Å². The molecule has 0 saturated carbocycles. The van der Waals surface area contributed by atoms with Crippen LogP contribution in [0.1, 0.15) is 18.9 Å². The maximum Gasteiger partial charge on any atom is 0.249 e. The van der Waals surface area contributed by atoms with Gasteiger partial charge in [0, 0.05) is 5.69 Å². The lowest BCUT2D eigenvalue weighted by Gasteiger charge is -2.14. The zero-order valence-electron chi connectivity index (χ0n) is 10.4. The first kappa shape index (κ1) is 12.4. The molecule has 1 aliphatic rings. The Morgan fingerprint density at radius 2 is 2.22 bits per heavy atom. The van der Waals surface area contributed by atoms with Gasteiger partial charge in [0.15, 0.2) is 0 Å². The summed E-state index contributed by atoms with van der Waals surface area (Å²) in [6, 6.07) is 5.12. The SMILES string of the molecule is CCOc1ccc(NC2CC(=O)NC2=O)c(C)c1. The van der Waals surface area contributed by atoms with E-state index in [2.05, 4.69) is 10.6 Å². The van der Waals surface area contributed by atoms with Gasteiger partial charge in [-0.3, -0.25) is 14.9 Å². The number of ether oxygens (including phenoxy) is 1. The average Bonchev–Trinajstić information content (AvgIpc) is 2.62. The van der Waals surface area contributed by atoms with E-state index in [0.29, 0.717) is 6.61 Å². The Labute approximate surface area is 106 Å². The summed E-state index contributed by atoms with van der Waals surface area (Å²) in [5.74, 6) is 0.293. The summed E-state index contributed by atoms with van der Waals surface area (Å²) >= 11 is 0. The normalized spacial score (nSPS) is 18.7. The molecule has 5 heteroatoms. The van der Waals surface area contributed by atoms with Gasteiger partial charge in [-0.25, -0.2) is 0 Å². The highest BCUT2D eigenvalue weighted by atomic mass is 16.5. The molecule has 5 nitrogen and oxygen atoms in total. The molecule has 0 radical (unpaired) electrons. The van der Waals surface area contributed by atoms with E-state index in [1.807, 2.05) is 32.0 Å². The maximum atomic E-state index is 11.5. The fourth-order valence-electron chi connectivity index (χ4n) is 1.91. The molecule has 18 heavy (non-hydrogen) atoms. The van der Waals surface area contributed by atoms with Gasteiger partial charge in [0.05, 0.1) is 13.0 Å². The zero-order valence-corrected chi connectivity index (χ0v) is 10.4. The van der Waals surface area contributed by atoms with Gasteiger partial charge in [-0.05, 0) is 37.6 Å². The van der Waals surface area contributed by atoms with Crippen LogP contribution in [-0.4, -0.2) is 24.5 Å². The smallest absolute Gasteiger partial charge is 0.249 e. The molecular formula is C13H16N2O3. The van der Waals surface area contributed by atoms with Gasteiger partial charge in [0.25, 0.3) is 0 Å². The van der Waals surface area contributed by atoms with Crippen molar-refractivity contribution < 1.29 is 14.3 Å². The third kappa shape index (κ3) is 2.61. The molecule has 1 aromatic rings. The van der Waals surface area contributed by atoms with E-state index < -0.39 is 6.04 Å². The Morgan fingerprint density at radius 3 is 2.78 bits per heavy atom. The molecule has 1 aromatic carbocycles. The highest BCUT2D eigenvalue weighted by Gasteiger charge is 2.30. The van der Waals surface area contributed by atoms with Crippen LogP contribution in [0.25, 0.3) is 0 Å². The van der Waals surface area contributed by atoms with Gasteiger partial charge < -0.3 is 10.1 Å². The van der Waals surface area contributed by atoms with Crippen molar-refractivity contribution in [3.8, 4) is 5.75 Å². The van der Waals surface area contributed by atoms with Gasteiger partial charge in [-0.15, -0.1) is 0 Å². The van der Waals surface area contributed by atoms with E-state index >= 15 is 0 Å². The van der Waals surface area contributed by atoms with Gasteiger partial charge in [-0.2, -0.15) is 0 Å². The summed E-state index contributed by atoms with van der Waals surface area (Å²) in [6.07, 6.45) is 0.186. The monoisotopic (exact) mass is 248 g/mol. The number of rotatable bonds is 4. The van der Waals surface area contributed by atoms with Crippen molar-refractivity contribution in [2.75, 3.05) is 11.9 Å². The number of hydrogen-bond acceptors (Lipinski definition) is 4. The number of aryl methyl sites for hydroxylation is 1. The Bertz CT molecular complexity index is 485. The molecule has 1 unspecified atom stereocenters. The molecule has 1 atom stereocenters. The van der Waals surface area contributed by atoms with Crippen molar-refractivity contribution in [3.05, 3.63) is 23.8 Å². The van der Waals surface area contributed by atoms with Gasteiger partial charge in [0.1, 0.15) is 11.8 Å². The molecule has 2 rings (SSSR count). The second-order valence-corrected chi connectivity index (χ2v) is 4.22. The standard InChI is InChI=1S/C13H16N2O3/c1-3-18-9-4-5-10(8(2)6-9)14-11-7-12(16)15-13(11)17/h4-6,11,14H,3,7H2,1-2H3,(H,15,16,17). The minimum absolute atomic E-state index is 0.186. The largest absolute Gasteiger partial charge is 0.494 e. The first-order chi connectivity index (χ1) is 8.60. The molecule has 0 spiro atoms. The van der Waals surface area contributed by atoms with Crippen LogP contribution < -0.4 is 15.4 Å². The Morgan fingerprint density at radius 1 is 1.44 bits per heavy atom. The third-order valence-corrected chi connectivity index (χ3v) is 2.81. The van der Waals surface area contributed by atoms with Crippen molar-refractivity contribution >= 4 is 17.5 Å². The lowest BCUT2D eigenvalue weighted by molar-refractivity contribution is -0.124. The number of anilines is 1. The number of amides is 2. The number of nitrogens with one attached hydrogen (secondary N) is 2. The van der Waals surface area contributed by atoms with E-state index in [1.54, 1.807) is 0 Å². The van der Waals surface area contributed by atoms with Crippen molar-refractivity contribution in [3.63, 3.8) is 0 Å². The first-order valence-corrected chi connectivity index (χ1v) is 5.94. The molecule has 0 aliphatic carbocycles. The molecule has 1 aliphatic heterocycles. The lowest BCUT2D eigenvalue weighted by Crippen LogP contribution is -2.30. The predicted octanol–water partition coefficient (Wildman–Crippen LogP) is 1.22. The third-order valence-electron chi connectivity index (χ3n) is 2.81. The van der Waals surface area contributed by atoms with E-state index in [9.17, 15) is 9.59 Å². The van der Waals surface area contributed by atoms with Crippen LogP contribution in [0.15, 0.2) is 18.2 Å². The number of benzene rings is 1. The molecule has 96 valence electrons. The predicted molar refractivity (Wildman–Crippen MR) is 67.5 cm³/mol. The molecule has 1 saturated heterocycles. The first-order valence-electron chi connectivity index (χ1n) is 5.94. The maximum absolute atomic E-state index is 11.5. The number of carbonyl (C=O) groups excluding carboxylic acids is 2. The van der Waals surface area contributed by atoms with Crippen molar-refractivity contribution in [2.45, 2.75) is 26.3 Å². The van der Waals surface area contributed by atoms with Crippen LogP contribution in [0.2, 0.25) is 0 Å². The summed E-state index contributed by atoms with van der Waals surface area (Å²) in [7, 11) is 0. The fraction of sp³-hybridized carbons (Fsp3) is 0.385. The van der Waals surface area contributed by atoms with E-state index in [4.69, 9.17) is 4.74 Å².